The molecule has 0 radical (unpaired) electrons. The minimum Gasteiger partial charge on any atom is -0.244 e. The zero-order valence-electron chi connectivity index (χ0n) is 15.4. The second-order valence-corrected chi connectivity index (χ2v) is 7.51. The monoisotopic (exact) mass is 370 g/mol. The average molecular weight is 370 g/mol. The van der Waals surface area contributed by atoms with E-state index >= 15 is 0 Å². The van der Waals surface area contributed by atoms with Gasteiger partial charge in [-0.3, -0.25) is 0 Å². The van der Waals surface area contributed by atoms with Crippen LogP contribution in [0.4, 0.5) is 0 Å². The minimum absolute atomic E-state index is 0.826. The third kappa shape index (κ3) is 1.98. The molecule has 0 amide bonds. The Kier molecular flexibility index (Phi) is 2.76. The van der Waals surface area contributed by atoms with Crippen molar-refractivity contribution in [1.29, 1.82) is 0 Å². The molecule has 0 aliphatic heterocycles. The van der Waals surface area contributed by atoms with Crippen molar-refractivity contribution in [3.05, 3.63) is 83.9 Å². The van der Waals surface area contributed by atoms with Crippen molar-refractivity contribution in [2.24, 2.45) is 0 Å². The van der Waals surface area contributed by atoms with Crippen LogP contribution in [0.3, 0.4) is 0 Å². The molecule has 4 nitrogen and oxygen atoms in total. The van der Waals surface area contributed by atoms with Gasteiger partial charge in [-0.25, -0.2) is 19.9 Å². The van der Waals surface area contributed by atoms with Crippen LogP contribution in [0, 0.1) is 0 Å². The van der Waals surface area contributed by atoms with Gasteiger partial charge in [-0.15, -0.1) is 0 Å². The Morgan fingerprint density at radius 1 is 0.483 bits per heavy atom. The largest absolute Gasteiger partial charge is 0.244 e. The van der Waals surface area contributed by atoms with E-state index in [4.69, 9.17) is 19.9 Å². The first kappa shape index (κ1) is 15.1. The van der Waals surface area contributed by atoms with Crippen molar-refractivity contribution in [3.8, 4) is 11.1 Å². The number of benzene rings is 4. The molecule has 0 spiro atoms. The lowest BCUT2D eigenvalue weighted by atomic mass is 10.0. The topological polar surface area (TPSA) is 51.6 Å². The first-order valence-corrected chi connectivity index (χ1v) is 9.73. The summed E-state index contributed by atoms with van der Waals surface area (Å²) in [6, 6.07) is 24.6. The number of hydrogen-bond acceptors (Lipinski definition) is 4. The van der Waals surface area contributed by atoms with Gasteiger partial charge in [0, 0.05) is 12.0 Å². The molecular formula is C25H14N4. The van der Waals surface area contributed by atoms with Crippen LogP contribution in [0.1, 0.15) is 11.1 Å². The maximum atomic E-state index is 5.05. The van der Waals surface area contributed by atoms with Gasteiger partial charge in [-0.05, 0) is 41.0 Å². The van der Waals surface area contributed by atoms with Crippen LogP contribution >= 0.6 is 0 Å². The smallest absolute Gasteiger partial charge is 0.118 e. The quantitative estimate of drug-likeness (QED) is 0.263. The van der Waals surface area contributed by atoms with Crippen molar-refractivity contribution in [1.82, 2.24) is 19.9 Å². The Balaban J connectivity index is 1.77. The summed E-state index contributed by atoms with van der Waals surface area (Å²) in [6.07, 6.45) is 0.847. The Labute approximate surface area is 165 Å². The highest BCUT2D eigenvalue weighted by atomic mass is 14.9. The van der Waals surface area contributed by atoms with Crippen LogP contribution in [-0.4, -0.2) is 19.9 Å². The van der Waals surface area contributed by atoms with E-state index in [1.165, 1.54) is 16.7 Å². The van der Waals surface area contributed by atoms with Gasteiger partial charge in [0.15, 0.2) is 0 Å². The highest BCUT2D eigenvalue weighted by Crippen LogP contribution is 2.44. The molecule has 7 rings (SSSR count). The summed E-state index contributed by atoms with van der Waals surface area (Å²) in [4.78, 5) is 20.1. The van der Waals surface area contributed by atoms with Crippen molar-refractivity contribution in [3.63, 3.8) is 0 Å². The van der Waals surface area contributed by atoms with Crippen molar-refractivity contribution < 1.29 is 0 Å². The average Bonchev–Trinajstić information content (AvgIpc) is 3.17. The number of fused-ring (bicyclic) bond motifs is 10. The van der Waals surface area contributed by atoms with Crippen LogP contribution in [-0.2, 0) is 6.42 Å². The van der Waals surface area contributed by atoms with E-state index in [1.807, 2.05) is 48.5 Å². The molecule has 134 valence electrons. The summed E-state index contributed by atoms with van der Waals surface area (Å²) in [7, 11) is 0. The lowest BCUT2D eigenvalue weighted by Gasteiger charge is -2.11. The van der Waals surface area contributed by atoms with E-state index in [1.54, 1.807) is 0 Å². The van der Waals surface area contributed by atoms with Gasteiger partial charge in [0.25, 0.3) is 0 Å². The van der Waals surface area contributed by atoms with Gasteiger partial charge in [0.1, 0.15) is 11.0 Å². The highest BCUT2D eigenvalue weighted by molar-refractivity contribution is 6.14. The molecular weight excluding hydrogens is 356 g/mol. The lowest BCUT2D eigenvalue weighted by molar-refractivity contribution is 1.25. The van der Waals surface area contributed by atoms with E-state index in [2.05, 4.69) is 24.3 Å². The molecule has 29 heavy (non-hydrogen) atoms. The Bertz CT molecular complexity index is 1640. The van der Waals surface area contributed by atoms with E-state index in [0.717, 1.165) is 56.1 Å². The fourth-order valence-electron chi connectivity index (χ4n) is 4.55. The van der Waals surface area contributed by atoms with Crippen LogP contribution in [0.25, 0.3) is 55.3 Å². The van der Waals surface area contributed by atoms with Gasteiger partial charge < -0.3 is 0 Å². The molecule has 1 aliphatic rings. The summed E-state index contributed by atoms with van der Waals surface area (Å²) < 4.78 is 0. The van der Waals surface area contributed by atoms with Gasteiger partial charge in [-0.2, -0.15) is 0 Å². The number of nitrogens with zero attached hydrogens (tertiary/aromatic N) is 4. The molecule has 6 aromatic rings. The summed E-state index contributed by atoms with van der Waals surface area (Å²) in [5, 5.41) is 0. The lowest BCUT2D eigenvalue weighted by Crippen LogP contribution is -1.98. The van der Waals surface area contributed by atoms with E-state index in [0.29, 0.717) is 0 Å². The standard InChI is InChI=1S/C25H14N4/c1-2-8-15-14(7-1)13-16-21(15)23-25(29-20-12-6-4-10-18(20)27-23)24-22(16)26-17-9-3-5-11-19(17)28-24/h1-12H,13H2. The van der Waals surface area contributed by atoms with Crippen LogP contribution in [0.15, 0.2) is 72.8 Å². The summed E-state index contributed by atoms with van der Waals surface area (Å²) in [6.45, 7) is 0. The summed E-state index contributed by atoms with van der Waals surface area (Å²) in [5.41, 5.74) is 12.0. The van der Waals surface area contributed by atoms with Crippen LogP contribution in [0.2, 0.25) is 0 Å². The van der Waals surface area contributed by atoms with E-state index < -0.39 is 0 Å². The third-order valence-electron chi connectivity index (χ3n) is 5.84. The third-order valence-corrected chi connectivity index (χ3v) is 5.84. The second-order valence-electron chi connectivity index (χ2n) is 7.51. The van der Waals surface area contributed by atoms with E-state index in [-0.39, 0.29) is 0 Å². The SMILES string of the molecule is c1ccc2c(c1)Cc1c-2c2nc3ccccc3nc2c2nc3ccccc3nc12. The van der Waals surface area contributed by atoms with Gasteiger partial charge in [0.2, 0.25) is 0 Å². The number of rotatable bonds is 0. The number of hydrogen-bond donors (Lipinski definition) is 0. The predicted octanol–water partition coefficient (Wildman–Crippen LogP) is 5.45. The number of para-hydroxylation sites is 4. The highest BCUT2D eigenvalue weighted by Gasteiger charge is 2.27. The zero-order chi connectivity index (χ0) is 18.9. The molecule has 0 saturated heterocycles. The van der Waals surface area contributed by atoms with Crippen LogP contribution < -0.4 is 0 Å². The molecule has 1 aliphatic carbocycles. The molecule has 2 heterocycles. The fourth-order valence-corrected chi connectivity index (χ4v) is 4.55. The van der Waals surface area contributed by atoms with Gasteiger partial charge in [-0.1, -0.05) is 48.5 Å². The van der Waals surface area contributed by atoms with E-state index in [9.17, 15) is 0 Å². The van der Waals surface area contributed by atoms with Gasteiger partial charge >= 0.3 is 0 Å². The number of aromatic nitrogens is 4. The zero-order valence-corrected chi connectivity index (χ0v) is 15.4. The maximum Gasteiger partial charge on any atom is 0.118 e. The molecule has 4 aromatic carbocycles. The summed E-state index contributed by atoms with van der Waals surface area (Å²) in [5.74, 6) is 0. The molecule has 2 aromatic heterocycles. The van der Waals surface area contributed by atoms with Crippen molar-refractivity contribution in [2.75, 3.05) is 0 Å². The maximum absolute atomic E-state index is 5.05. The Morgan fingerprint density at radius 2 is 0.966 bits per heavy atom. The molecule has 0 N–H and O–H groups in total. The van der Waals surface area contributed by atoms with Crippen molar-refractivity contribution >= 4 is 44.1 Å². The fraction of sp³-hybridized carbons (Fsp3) is 0.0400. The minimum atomic E-state index is 0.826. The second kappa shape index (κ2) is 5.32. The molecule has 4 heteroatoms. The normalized spacial score (nSPS) is 12.7. The molecule has 0 atom stereocenters. The molecule has 0 bridgehead atoms. The molecule has 0 fully saturated rings. The first-order chi connectivity index (χ1) is 14.4. The van der Waals surface area contributed by atoms with Gasteiger partial charge in [0.05, 0.1) is 33.1 Å². The Morgan fingerprint density at radius 3 is 1.62 bits per heavy atom. The van der Waals surface area contributed by atoms with Crippen molar-refractivity contribution in [2.45, 2.75) is 6.42 Å². The summed E-state index contributed by atoms with van der Waals surface area (Å²) >= 11 is 0. The molecule has 0 saturated carbocycles. The first-order valence-electron chi connectivity index (χ1n) is 9.73. The Hall–Kier alpha value is -3.92. The predicted molar refractivity (Wildman–Crippen MR) is 116 cm³/mol. The van der Waals surface area contributed by atoms with Crippen LogP contribution in [0.5, 0.6) is 0 Å². The molecule has 0 unspecified atom stereocenters.